The molecule has 0 bridgehead atoms. The SMILES string of the molecule is CCc1ccccc1Oc1ccc(C(=O)O)cc1[N+](=O)[O-]. The van der Waals surface area contributed by atoms with Crippen LogP contribution in [0.2, 0.25) is 0 Å². The van der Waals surface area contributed by atoms with Crippen molar-refractivity contribution in [3.63, 3.8) is 0 Å². The quantitative estimate of drug-likeness (QED) is 0.669. The van der Waals surface area contributed by atoms with Gasteiger partial charge >= 0.3 is 11.7 Å². The van der Waals surface area contributed by atoms with Gasteiger partial charge in [0.05, 0.1) is 10.5 Å². The Hall–Kier alpha value is -2.89. The smallest absolute Gasteiger partial charge is 0.335 e. The highest BCUT2D eigenvalue weighted by atomic mass is 16.6. The predicted octanol–water partition coefficient (Wildman–Crippen LogP) is 3.65. The fourth-order valence-corrected chi connectivity index (χ4v) is 1.89. The molecule has 0 aliphatic heterocycles. The van der Waals surface area contributed by atoms with Crippen molar-refractivity contribution in [2.75, 3.05) is 0 Å². The summed E-state index contributed by atoms with van der Waals surface area (Å²) in [6.45, 7) is 1.95. The van der Waals surface area contributed by atoms with Gasteiger partial charge in [0.25, 0.3) is 0 Å². The lowest BCUT2D eigenvalue weighted by Crippen LogP contribution is -2.00. The summed E-state index contributed by atoms with van der Waals surface area (Å²) in [7, 11) is 0. The predicted molar refractivity (Wildman–Crippen MR) is 75.9 cm³/mol. The van der Waals surface area contributed by atoms with Gasteiger partial charge in [-0.05, 0) is 30.2 Å². The minimum absolute atomic E-state index is 0.0194. The van der Waals surface area contributed by atoms with Crippen molar-refractivity contribution < 1.29 is 19.6 Å². The van der Waals surface area contributed by atoms with Gasteiger partial charge in [0.15, 0.2) is 0 Å². The molecule has 0 heterocycles. The van der Waals surface area contributed by atoms with Crippen molar-refractivity contribution >= 4 is 11.7 Å². The van der Waals surface area contributed by atoms with E-state index >= 15 is 0 Å². The second kappa shape index (κ2) is 6.04. The number of aromatic carboxylic acids is 1. The molecule has 0 radical (unpaired) electrons. The second-order valence-corrected chi connectivity index (χ2v) is 4.31. The zero-order valence-electron chi connectivity index (χ0n) is 11.3. The molecule has 2 aromatic rings. The molecular formula is C15H13NO5. The normalized spacial score (nSPS) is 10.1. The van der Waals surface area contributed by atoms with Crippen molar-refractivity contribution in [3.8, 4) is 11.5 Å². The van der Waals surface area contributed by atoms with Crippen LogP contribution in [0, 0.1) is 10.1 Å². The molecule has 2 aromatic carbocycles. The number of ether oxygens (including phenoxy) is 1. The first kappa shape index (κ1) is 14.5. The van der Waals surface area contributed by atoms with E-state index in [1.54, 1.807) is 12.1 Å². The standard InChI is InChI=1S/C15H13NO5/c1-2-10-5-3-4-6-13(10)21-14-8-7-11(15(17)18)9-12(14)16(19)20/h3-9H,2H2,1H3,(H,17,18). The molecule has 2 rings (SSSR count). The summed E-state index contributed by atoms with van der Waals surface area (Å²) in [5.74, 6) is -0.685. The largest absolute Gasteiger partial charge is 0.478 e. The number of rotatable bonds is 5. The van der Waals surface area contributed by atoms with Gasteiger partial charge in [-0.3, -0.25) is 10.1 Å². The van der Waals surface area contributed by atoms with E-state index in [-0.39, 0.29) is 17.0 Å². The van der Waals surface area contributed by atoms with Crippen LogP contribution in [-0.4, -0.2) is 16.0 Å². The molecule has 0 aromatic heterocycles. The Morgan fingerprint density at radius 1 is 1.24 bits per heavy atom. The van der Waals surface area contributed by atoms with Crippen molar-refractivity contribution in [2.45, 2.75) is 13.3 Å². The van der Waals surface area contributed by atoms with E-state index < -0.39 is 10.9 Å². The summed E-state index contributed by atoms with van der Waals surface area (Å²) in [5.41, 5.74) is 0.382. The van der Waals surface area contributed by atoms with Crippen molar-refractivity contribution in [2.24, 2.45) is 0 Å². The number of carbonyl (C=O) groups is 1. The maximum Gasteiger partial charge on any atom is 0.335 e. The first-order valence-corrected chi connectivity index (χ1v) is 6.30. The maximum absolute atomic E-state index is 11.1. The van der Waals surface area contributed by atoms with Gasteiger partial charge < -0.3 is 9.84 Å². The zero-order valence-corrected chi connectivity index (χ0v) is 11.3. The summed E-state index contributed by atoms with van der Waals surface area (Å²) < 4.78 is 5.59. The molecule has 0 spiro atoms. The van der Waals surface area contributed by atoms with E-state index in [0.29, 0.717) is 5.75 Å². The highest BCUT2D eigenvalue weighted by Gasteiger charge is 2.19. The first-order chi connectivity index (χ1) is 10.0. The van der Waals surface area contributed by atoms with Gasteiger partial charge in [0.1, 0.15) is 5.75 Å². The second-order valence-electron chi connectivity index (χ2n) is 4.31. The Bertz CT molecular complexity index is 696. The third-order valence-electron chi connectivity index (χ3n) is 2.98. The monoisotopic (exact) mass is 287 g/mol. The van der Waals surface area contributed by atoms with Gasteiger partial charge in [-0.15, -0.1) is 0 Å². The topological polar surface area (TPSA) is 89.7 Å². The highest BCUT2D eigenvalue weighted by Crippen LogP contribution is 2.33. The number of carboxylic acid groups (broad SMARTS) is 1. The summed E-state index contributed by atoms with van der Waals surface area (Å²) in [4.78, 5) is 21.3. The van der Waals surface area contributed by atoms with Gasteiger partial charge in [-0.25, -0.2) is 4.79 Å². The van der Waals surface area contributed by atoms with Crippen molar-refractivity contribution in [1.82, 2.24) is 0 Å². The lowest BCUT2D eigenvalue weighted by atomic mass is 10.1. The van der Waals surface area contributed by atoms with Crippen LogP contribution in [-0.2, 0) is 6.42 Å². The fraction of sp³-hybridized carbons (Fsp3) is 0.133. The lowest BCUT2D eigenvalue weighted by Gasteiger charge is -2.10. The van der Waals surface area contributed by atoms with Crippen LogP contribution in [0.25, 0.3) is 0 Å². The minimum atomic E-state index is -1.22. The van der Waals surface area contributed by atoms with Gasteiger partial charge in [0.2, 0.25) is 5.75 Å². The lowest BCUT2D eigenvalue weighted by molar-refractivity contribution is -0.385. The van der Waals surface area contributed by atoms with Crippen LogP contribution < -0.4 is 4.74 Å². The minimum Gasteiger partial charge on any atom is -0.478 e. The Labute approximate surface area is 120 Å². The van der Waals surface area contributed by atoms with Crippen LogP contribution in [0.15, 0.2) is 42.5 Å². The first-order valence-electron chi connectivity index (χ1n) is 6.30. The fourth-order valence-electron chi connectivity index (χ4n) is 1.89. The molecule has 0 fully saturated rings. The van der Waals surface area contributed by atoms with Crippen LogP contribution >= 0.6 is 0 Å². The molecule has 1 N–H and O–H groups in total. The number of aryl methyl sites for hydroxylation is 1. The molecule has 0 saturated heterocycles. The Morgan fingerprint density at radius 3 is 2.57 bits per heavy atom. The number of carboxylic acids is 1. The van der Waals surface area contributed by atoms with E-state index in [4.69, 9.17) is 9.84 Å². The Balaban J connectivity index is 2.44. The maximum atomic E-state index is 11.1. The molecule has 6 nitrogen and oxygen atoms in total. The number of nitro benzene ring substituents is 1. The molecular weight excluding hydrogens is 274 g/mol. The number of hydrogen-bond acceptors (Lipinski definition) is 4. The molecule has 6 heteroatoms. The number of nitrogens with zero attached hydrogens (tertiary/aromatic N) is 1. The third-order valence-corrected chi connectivity index (χ3v) is 2.98. The molecule has 0 amide bonds. The van der Waals surface area contributed by atoms with E-state index in [1.807, 2.05) is 19.1 Å². The zero-order chi connectivity index (χ0) is 15.4. The van der Waals surface area contributed by atoms with Gasteiger partial charge in [-0.2, -0.15) is 0 Å². The number of nitro groups is 1. The molecule has 0 unspecified atom stereocenters. The van der Waals surface area contributed by atoms with E-state index in [0.717, 1.165) is 18.1 Å². The van der Waals surface area contributed by atoms with Crippen LogP contribution in [0.5, 0.6) is 11.5 Å². The summed E-state index contributed by atoms with van der Waals surface area (Å²) in [6.07, 6.45) is 0.719. The number of para-hydroxylation sites is 1. The number of hydrogen-bond donors (Lipinski definition) is 1. The Kier molecular flexibility index (Phi) is 4.18. The molecule has 21 heavy (non-hydrogen) atoms. The van der Waals surface area contributed by atoms with E-state index in [1.165, 1.54) is 12.1 Å². The van der Waals surface area contributed by atoms with E-state index in [9.17, 15) is 14.9 Å². The average Bonchev–Trinajstić information content (AvgIpc) is 2.47. The average molecular weight is 287 g/mol. The van der Waals surface area contributed by atoms with Gasteiger partial charge in [0, 0.05) is 6.07 Å². The van der Waals surface area contributed by atoms with Crippen molar-refractivity contribution in [1.29, 1.82) is 0 Å². The van der Waals surface area contributed by atoms with E-state index in [2.05, 4.69) is 0 Å². The molecule has 0 saturated carbocycles. The number of benzene rings is 2. The van der Waals surface area contributed by atoms with Crippen molar-refractivity contribution in [3.05, 3.63) is 63.7 Å². The van der Waals surface area contributed by atoms with Crippen LogP contribution in [0.1, 0.15) is 22.8 Å². The summed E-state index contributed by atoms with van der Waals surface area (Å²) in [6, 6.07) is 10.8. The molecule has 0 atom stereocenters. The summed E-state index contributed by atoms with van der Waals surface area (Å²) >= 11 is 0. The third kappa shape index (κ3) is 3.17. The van der Waals surface area contributed by atoms with Gasteiger partial charge in [-0.1, -0.05) is 25.1 Å². The Morgan fingerprint density at radius 2 is 1.95 bits per heavy atom. The van der Waals surface area contributed by atoms with Crippen LogP contribution in [0.3, 0.4) is 0 Å². The van der Waals surface area contributed by atoms with Crippen LogP contribution in [0.4, 0.5) is 5.69 Å². The molecule has 108 valence electrons. The molecule has 0 aliphatic rings. The summed E-state index contributed by atoms with van der Waals surface area (Å²) in [5, 5.41) is 20.0. The highest BCUT2D eigenvalue weighted by molar-refractivity contribution is 5.88. The molecule has 0 aliphatic carbocycles.